The zero-order valence-electron chi connectivity index (χ0n) is 15.9. The van der Waals surface area contributed by atoms with Crippen LogP contribution in [-0.4, -0.2) is 21.9 Å². The third kappa shape index (κ3) is 4.41. The average molecular weight is 431 g/mol. The van der Waals surface area contributed by atoms with Crippen LogP contribution in [0.3, 0.4) is 0 Å². The van der Waals surface area contributed by atoms with E-state index < -0.39 is 0 Å². The minimum Gasteiger partial charge on any atom is -0.266 e. The summed E-state index contributed by atoms with van der Waals surface area (Å²) in [5, 5.41) is 8.90. The fraction of sp³-hybridized carbons (Fsp3) is 0.286. The van der Waals surface area contributed by atoms with Crippen LogP contribution in [0.4, 0.5) is 4.39 Å². The van der Waals surface area contributed by atoms with E-state index in [9.17, 15) is 9.18 Å². The van der Waals surface area contributed by atoms with E-state index in [2.05, 4.69) is 15.6 Å². The highest BCUT2D eigenvalue weighted by Gasteiger charge is 2.17. The van der Waals surface area contributed by atoms with Crippen molar-refractivity contribution in [2.45, 2.75) is 39.2 Å². The number of hydrazone groups is 1. The molecule has 5 nitrogen and oxygen atoms in total. The maximum Gasteiger partial charge on any atom is 0.281 e. The summed E-state index contributed by atoms with van der Waals surface area (Å²) in [5.74, 6) is -0.500. The second-order valence-electron chi connectivity index (χ2n) is 7.04. The summed E-state index contributed by atoms with van der Waals surface area (Å²) in [7, 11) is 0. The Morgan fingerprint density at radius 1 is 1.34 bits per heavy atom. The Labute approximate surface area is 177 Å². The number of aromatic nitrogens is 2. The minimum absolute atomic E-state index is 0.215. The Hall–Kier alpha value is -2.51. The highest BCUT2D eigenvalue weighted by Crippen LogP contribution is 2.29. The number of halogens is 2. The van der Waals surface area contributed by atoms with Crippen LogP contribution in [0.5, 0.6) is 0 Å². The monoisotopic (exact) mass is 430 g/mol. The highest BCUT2D eigenvalue weighted by atomic mass is 35.5. The summed E-state index contributed by atoms with van der Waals surface area (Å²) in [5.41, 5.74) is 6.09. The van der Waals surface area contributed by atoms with E-state index in [0.717, 1.165) is 18.4 Å². The van der Waals surface area contributed by atoms with Crippen molar-refractivity contribution in [3.63, 3.8) is 0 Å². The molecule has 0 spiro atoms. The molecule has 1 aliphatic carbocycles. The van der Waals surface area contributed by atoms with Gasteiger partial charge in [-0.05, 0) is 61.9 Å². The van der Waals surface area contributed by atoms with Crippen molar-refractivity contribution < 1.29 is 9.18 Å². The van der Waals surface area contributed by atoms with Gasteiger partial charge in [-0.2, -0.15) is 10.2 Å². The molecule has 0 saturated carbocycles. The van der Waals surface area contributed by atoms with E-state index in [1.807, 2.05) is 13.0 Å². The molecule has 0 bridgehead atoms. The van der Waals surface area contributed by atoms with Crippen LogP contribution in [0.15, 0.2) is 35.4 Å². The van der Waals surface area contributed by atoms with Gasteiger partial charge in [0.15, 0.2) is 0 Å². The van der Waals surface area contributed by atoms with Crippen molar-refractivity contribution in [3.8, 4) is 0 Å². The lowest BCUT2D eigenvalue weighted by Crippen LogP contribution is -2.16. The number of hydrogen-bond donors (Lipinski definition) is 1. The smallest absolute Gasteiger partial charge is 0.266 e. The molecule has 1 aromatic carbocycles. The maximum absolute atomic E-state index is 13.1. The molecule has 1 aliphatic rings. The molecule has 150 valence electrons. The van der Waals surface area contributed by atoms with Gasteiger partial charge in [-0.25, -0.2) is 14.5 Å². The standard InChI is InChI=1S/C21H20ClFN4OS/c1-13-17(20(22)27(26-13)12-14-6-8-16(23)9-7-14)11-24-25-21(28)19-10-15-4-2-3-5-18(15)29-19/h6-11H,2-5,12H2,1H3,(H,25,28). The van der Waals surface area contributed by atoms with Crippen LogP contribution in [0.2, 0.25) is 5.15 Å². The van der Waals surface area contributed by atoms with Crippen LogP contribution >= 0.6 is 22.9 Å². The van der Waals surface area contributed by atoms with Gasteiger partial charge in [0, 0.05) is 4.88 Å². The molecule has 0 atom stereocenters. The zero-order valence-corrected chi connectivity index (χ0v) is 17.5. The third-order valence-electron chi connectivity index (χ3n) is 4.94. The number of rotatable bonds is 5. The van der Waals surface area contributed by atoms with Crippen LogP contribution in [0.25, 0.3) is 0 Å². The number of aryl methyl sites for hydroxylation is 3. The van der Waals surface area contributed by atoms with E-state index >= 15 is 0 Å². The van der Waals surface area contributed by atoms with Gasteiger partial charge < -0.3 is 0 Å². The number of fused-ring (bicyclic) bond motifs is 1. The van der Waals surface area contributed by atoms with Gasteiger partial charge in [-0.1, -0.05) is 23.7 Å². The fourth-order valence-electron chi connectivity index (χ4n) is 3.39. The number of carbonyl (C=O) groups excluding carboxylic acids is 1. The maximum atomic E-state index is 13.1. The van der Waals surface area contributed by atoms with Crippen LogP contribution in [0.1, 0.15) is 49.8 Å². The highest BCUT2D eigenvalue weighted by molar-refractivity contribution is 7.14. The molecule has 4 rings (SSSR count). The quantitative estimate of drug-likeness (QED) is 0.469. The summed E-state index contributed by atoms with van der Waals surface area (Å²) >= 11 is 7.98. The van der Waals surface area contributed by atoms with Crippen molar-refractivity contribution in [1.29, 1.82) is 0 Å². The molecule has 0 radical (unpaired) electrons. The van der Waals surface area contributed by atoms with Crippen LogP contribution in [0, 0.1) is 12.7 Å². The minimum atomic E-state index is -0.286. The fourth-order valence-corrected chi connectivity index (χ4v) is 4.82. The van der Waals surface area contributed by atoms with Gasteiger partial charge in [-0.15, -0.1) is 11.3 Å². The molecule has 2 heterocycles. The average Bonchev–Trinajstić information content (AvgIpc) is 3.26. The molecule has 0 unspecified atom stereocenters. The Morgan fingerprint density at radius 2 is 2.10 bits per heavy atom. The van der Waals surface area contributed by atoms with Gasteiger partial charge >= 0.3 is 0 Å². The second-order valence-corrected chi connectivity index (χ2v) is 8.53. The molecule has 3 aromatic rings. The number of nitrogens with zero attached hydrogens (tertiary/aromatic N) is 3. The van der Waals surface area contributed by atoms with E-state index in [0.29, 0.717) is 27.8 Å². The lowest BCUT2D eigenvalue weighted by atomic mass is 9.99. The molecule has 1 N–H and O–H groups in total. The normalized spacial score (nSPS) is 13.6. The van der Waals surface area contributed by atoms with Crippen molar-refractivity contribution in [1.82, 2.24) is 15.2 Å². The molecule has 1 amide bonds. The molecular weight excluding hydrogens is 411 g/mol. The predicted molar refractivity (Wildman–Crippen MR) is 113 cm³/mol. The van der Waals surface area contributed by atoms with Crippen molar-refractivity contribution >= 4 is 35.1 Å². The van der Waals surface area contributed by atoms with Crippen molar-refractivity contribution in [2.24, 2.45) is 5.10 Å². The van der Waals surface area contributed by atoms with Crippen LogP contribution in [-0.2, 0) is 19.4 Å². The van der Waals surface area contributed by atoms with Crippen molar-refractivity contribution in [3.05, 3.63) is 73.4 Å². The third-order valence-corrected chi connectivity index (χ3v) is 6.57. The van der Waals surface area contributed by atoms with Crippen LogP contribution < -0.4 is 5.43 Å². The number of thiophene rings is 1. The molecule has 2 aromatic heterocycles. The molecular formula is C21H20ClFN4OS. The Kier molecular flexibility index (Phi) is 5.78. The topological polar surface area (TPSA) is 59.3 Å². The lowest BCUT2D eigenvalue weighted by Gasteiger charge is -2.08. The summed E-state index contributed by atoms with van der Waals surface area (Å²) in [6, 6.07) is 8.16. The number of benzene rings is 1. The van der Waals surface area contributed by atoms with E-state index in [4.69, 9.17) is 11.6 Å². The largest absolute Gasteiger partial charge is 0.281 e. The SMILES string of the molecule is Cc1nn(Cc2ccc(F)cc2)c(Cl)c1C=NNC(=O)c1cc2c(s1)CCCC2. The summed E-state index contributed by atoms with van der Waals surface area (Å²) in [4.78, 5) is 14.4. The lowest BCUT2D eigenvalue weighted by molar-refractivity contribution is 0.0959. The zero-order chi connectivity index (χ0) is 20.4. The first-order valence-electron chi connectivity index (χ1n) is 9.43. The number of amides is 1. The summed E-state index contributed by atoms with van der Waals surface area (Å²) in [6.07, 6.45) is 5.98. The van der Waals surface area contributed by atoms with Gasteiger partial charge in [0.05, 0.1) is 28.9 Å². The second kappa shape index (κ2) is 8.47. The number of nitrogens with one attached hydrogen (secondary N) is 1. The predicted octanol–water partition coefficient (Wildman–Crippen LogP) is 4.74. The Balaban J connectivity index is 1.44. The Morgan fingerprint density at radius 3 is 2.86 bits per heavy atom. The van der Waals surface area contributed by atoms with E-state index in [1.54, 1.807) is 28.2 Å². The van der Waals surface area contributed by atoms with Gasteiger partial charge in [0.2, 0.25) is 0 Å². The van der Waals surface area contributed by atoms with E-state index in [1.165, 1.54) is 41.6 Å². The first-order chi connectivity index (χ1) is 14.0. The number of carbonyl (C=O) groups is 1. The summed E-state index contributed by atoms with van der Waals surface area (Å²) in [6.45, 7) is 2.24. The first-order valence-corrected chi connectivity index (χ1v) is 10.6. The molecule has 0 saturated heterocycles. The molecule has 8 heteroatoms. The first kappa shape index (κ1) is 19.8. The van der Waals surface area contributed by atoms with Gasteiger partial charge in [-0.3, -0.25) is 4.79 Å². The molecule has 0 fully saturated rings. The van der Waals surface area contributed by atoms with E-state index in [-0.39, 0.29) is 11.7 Å². The summed E-state index contributed by atoms with van der Waals surface area (Å²) < 4.78 is 14.7. The number of hydrogen-bond acceptors (Lipinski definition) is 4. The van der Waals surface area contributed by atoms with Crippen molar-refractivity contribution in [2.75, 3.05) is 0 Å². The molecule has 0 aliphatic heterocycles. The van der Waals surface area contributed by atoms with Gasteiger partial charge in [0.1, 0.15) is 11.0 Å². The Bertz CT molecular complexity index is 1050. The van der Waals surface area contributed by atoms with Gasteiger partial charge in [0.25, 0.3) is 5.91 Å². The molecule has 29 heavy (non-hydrogen) atoms.